The van der Waals surface area contributed by atoms with E-state index < -0.39 is 0 Å². The lowest BCUT2D eigenvalue weighted by Gasteiger charge is -2.32. The van der Waals surface area contributed by atoms with Gasteiger partial charge in [0.05, 0.1) is 26.3 Å². The Balaban J connectivity index is 1.82. The normalized spacial score (nSPS) is 11.8. The molecule has 2 aromatic carbocycles. The summed E-state index contributed by atoms with van der Waals surface area (Å²) < 4.78 is 13.0. The van der Waals surface area contributed by atoms with Gasteiger partial charge in [-0.3, -0.25) is 9.59 Å². The number of benzene rings is 2. The summed E-state index contributed by atoms with van der Waals surface area (Å²) in [4.78, 5) is 30.9. The van der Waals surface area contributed by atoms with Gasteiger partial charge in [0, 0.05) is 31.0 Å². The summed E-state index contributed by atoms with van der Waals surface area (Å²) in [6.07, 6.45) is 2.84. The lowest BCUT2D eigenvalue weighted by molar-refractivity contribution is -0.134. The maximum Gasteiger partial charge on any atom is 0.258 e. The van der Waals surface area contributed by atoms with E-state index in [0.29, 0.717) is 30.9 Å². The Kier molecular flexibility index (Phi) is 10.4. The predicted molar refractivity (Wildman–Crippen MR) is 151 cm³/mol. The number of nitrogens with zero attached hydrogens (tertiary/aromatic N) is 3. The van der Waals surface area contributed by atoms with Crippen LogP contribution in [0.3, 0.4) is 0 Å². The van der Waals surface area contributed by atoms with Gasteiger partial charge in [0.15, 0.2) is 0 Å². The minimum atomic E-state index is -0.199. The fourth-order valence-electron chi connectivity index (χ4n) is 4.51. The lowest BCUT2D eigenvalue weighted by Crippen LogP contribution is -2.47. The number of hydrogen-bond donors (Lipinski definition) is 0. The lowest BCUT2D eigenvalue weighted by atomic mass is 10.1. The van der Waals surface area contributed by atoms with Crippen molar-refractivity contribution in [1.82, 2.24) is 14.4 Å². The molecule has 204 valence electrons. The first kappa shape index (κ1) is 28.8. The number of carbonyl (C=O) groups is 2. The molecule has 3 rings (SSSR count). The maximum atomic E-state index is 13.8. The third kappa shape index (κ3) is 7.40. The van der Waals surface area contributed by atoms with Crippen molar-refractivity contribution in [2.75, 3.05) is 27.3 Å². The van der Waals surface area contributed by atoms with Crippen LogP contribution >= 0.6 is 0 Å². The average Bonchev–Trinajstić information content (AvgIpc) is 3.36. The van der Waals surface area contributed by atoms with Crippen LogP contribution in [0.15, 0.2) is 66.9 Å². The monoisotopic (exact) mass is 519 g/mol. The number of hydrogen-bond acceptors (Lipinski definition) is 4. The van der Waals surface area contributed by atoms with Crippen molar-refractivity contribution in [1.29, 1.82) is 0 Å². The molecule has 7 nitrogen and oxygen atoms in total. The molecule has 0 radical (unpaired) electrons. The van der Waals surface area contributed by atoms with E-state index in [0.717, 1.165) is 23.4 Å². The van der Waals surface area contributed by atoms with Crippen LogP contribution in [0.25, 0.3) is 0 Å². The summed E-state index contributed by atoms with van der Waals surface area (Å²) in [5.74, 6) is 1.26. The summed E-state index contributed by atoms with van der Waals surface area (Å²) in [5.41, 5.74) is 2.62. The van der Waals surface area contributed by atoms with Gasteiger partial charge in [-0.1, -0.05) is 45.0 Å². The van der Waals surface area contributed by atoms with E-state index in [2.05, 4.69) is 30.5 Å². The quantitative estimate of drug-likeness (QED) is 0.300. The van der Waals surface area contributed by atoms with Crippen LogP contribution < -0.4 is 9.47 Å². The van der Waals surface area contributed by atoms with Crippen LogP contribution in [0.1, 0.15) is 55.7 Å². The van der Waals surface area contributed by atoms with Crippen molar-refractivity contribution in [3.63, 3.8) is 0 Å². The summed E-state index contributed by atoms with van der Waals surface area (Å²) >= 11 is 0. The van der Waals surface area contributed by atoms with E-state index in [1.165, 1.54) is 0 Å². The molecule has 38 heavy (non-hydrogen) atoms. The number of rotatable bonds is 13. The number of amides is 2. The summed E-state index contributed by atoms with van der Waals surface area (Å²) in [6, 6.07) is 19.2. The van der Waals surface area contributed by atoms with Gasteiger partial charge >= 0.3 is 0 Å². The maximum absolute atomic E-state index is 13.8. The number of ether oxygens (including phenoxy) is 2. The molecule has 1 heterocycles. The predicted octanol–water partition coefficient (Wildman–Crippen LogP) is 5.48. The molecule has 1 unspecified atom stereocenters. The zero-order valence-corrected chi connectivity index (χ0v) is 23.5. The van der Waals surface area contributed by atoms with Crippen molar-refractivity contribution in [3.8, 4) is 11.5 Å². The number of aromatic nitrogens is 1. The highest BCUT2D eigenvalue weighted by Gasteiger charge is 2.27. The molecule has 2 amide bonds. The van der Waals surface area contributed by atoms with Crippen molar-refractivity contribution in [2.45, 2.75) is 53.2 Å². The summed E-state index contributed by atoms with van der Waals surface area (Å²) in [7, 11) is 3.21. The first-order valence-electron chi connectivity index (χ1n) is 13.3. The number of methoxy groups -OCH3 is 2. The Morgan fingerprint density at radius 2 is 1.71 bits per heavy atom. The van der Waals surface area contributed by atoms with Gasteiger partial charge in [-0.25, -0.2) is 0 Å². The SMILES string of the molecule is CCC(C)N(Cc1cccn1Cc1cccc(OC)c1)C(=O)CN(CC(C)C)C(=O)c1ccccc1OC. The van der Waals surface area contributed by atoms with Gasteiger partial charge in [0.2, 0.25) is 5.91 Å². The third-order valence-corrected chi connectivity index (χ3v) is 6.72. The fourth-order valence-corrected chi connectivity index (χ4v) is 4.51. The Hall–Kier alpha value is -3.74. The highest BCUT2D eigenvalue weighted by atomic mass is 16.5. The van der Waals surface area contributed by atoms with E-state index in [4.69, 9.17) is 9.47 Å². The van der Waals surface area contributed by atoms with Gasteiger partial charge in [-0.2, -0.15) is 0 Å². The number of carbonyl (C=O) groups excluding carboxylic acids is 2. The van der Waals surface area contributed by atoms with Crippen molar-refractivity contribution in [2.24, 2.45) is 5.92 Å². The Morgan fingerprint density at radius 3 is 2.39 bits per heavy atom. The van der Waals surface area contributed by atoms with Crippen molar-refractivity contribution >= 4 is 11.8 Å². The molecule has 0 saturated carbocycles. The molecule has 0 aliphatic carbocycles. The van der Waals surface area contributed by atoms with Gasteiger partial charge in [0.1, 0.15) is 18.0 Å². The molecule has 0 saturated heterocycles. The zero-order valence-electron chi connectivity index (χ0n) is 23.5. The molecule has 1 aromatic heterocycles. The topological polar surface area (TPSA) is 64.0 Å². The molecule has 0 spiro atoms. The minimum Gasteiger partial charge on any atom is -0.497 e. The second kappa shape index (κ2) is 13.7. The Labute approximate surface area is 227 Å². The van der Waals surface area contributed by atoms with Crippen LogP contribution in [0.4, 0.5) is 0 Å². The average molecular weight is 520 g/mol. The summed E-state index contributed by atoms with van der Waals surface area (Å²) in [5, 5.41) is 0. The van der Waals surface area contributed by atoms with Crippen LogP contribution in [0, 0.1) is 5.92 Å². The highest BCUT2D eigenvalue weighted by Crippen LogP contribution is 2.21. The van der Waals surface area contributed by atoms with Gasteiger partial charge in [-0.15, -0.1) is 0 Å². The molecular formula is C31H41N3O4. The van der Waals surface area contributed by atoms with Gasteiger partial charge < -0.3 is 23.8 Å². The summed E-state index contributed by atoms with van der Waals surface area (Å²) in [6.45, 7) is 9.85. The molecule has 1 atom stereocenters. The molecule has 7 heteroatoms. The minimum absolute atomic E-state index is 0.00992. The fraction of sp³-hybridized carbons (Fsp3) is 0.419. The first-order chi connectivity index (χ1) is 18.3. The second-order valence-corrected chi connectivity index (χ2v) is 10.0. The second-order valence-electron chi connectivity index (χ2n) is 10.0. The van der Waals surface area contributed by atoms with Crippen LogP contribution in [0.5, 0.6) is 11.5 Å². The van der Waals surface area contributed by atoms with Crippen LogP contribution in [0.2, 0.25) is 0 Å². The largest absolute Gasteiger partial charge is 0.497 e. The molecule has 0 aliphatic heterocycles. The molecule has 3 aromatic rings. The third-order valence-electron chi connectivity index (χ3n) is 6.72. The van der Waals surface area contributed by atoms with E-state index in [1.54, 1.807) is 31.3 Å². The first-order valence-corrected chi connectivity index (χ1v) is 13.3. The molecule has 0 aliphatic rings. The zero-order chi connectivity index (χ0) is 27.7. The van der Waals surface area contributed by atoms with Crippen LogP contribution in [-0.2, 0) is 17.9 Å². The van der Waals surface area contributed by atoms with E-state index in [1.807, 2.05) is 61.3 Å². The van der Waals surface area contributed by atoms with E-state index >= 15 is 0 Å². The molecular weight excluding hydrogens is 478 g/mol. The molecule has 0 N–H and O–H groups in total. The van der Waals surface area contributed by atoms with E-state index in [9.17, 15) is 9.59 Å². The Morgan fingerprint density at radius 1 is 0.947 bits per heavy atom. The smallest absolute Gasteiger partial charge is 0.258 e. The molecule has 0 bridgehead atoms. The highest BCUT2D eigenvalue weighted by molar-refractivity contribution is 5.98. The van der Waals surface area contributed by atoms with E-state index in [-0.39, 0.29) is 30.3 Å². The van der Waals surface area contributed by atoms with Crippen molar-refractivity contribution < 1.29 is 19.1 Å². The van der Waals surface area contributed by atoms with Gasteiger partial charge in [0.25, 0.3) is 5.91 Å². The van der Waals surface area contributed by atoms with Crippen molar-refractivity contribution in [3.05, 3.63) is 83.7 Å². The molecule has 0 fully saturated rings. The van der Waals surface area contributed by atoms with Gasteiger partial charge in [-0.05, 0) is 61.2 Å². The Bertz CT molecular complexity index is 1200. The van der Waals surface area contributed by atoms with Crippen LogP contribution in [-0.4, -0.2) is 59.5 Å². The number of para-hydroxylation sites is 1. The standard InChI is InChI=1S/C31H41N3O4/c1-7-24(4)34(21-26-13-11-17-32(26)20-25-12-10-14-27(18-25)37-5)30(35)22-33(19-23(2)3)31(36)28-15-8-9-16-29(28)38-6/h8-18,23-24H,7,19-22H2,1-6H3.